The Kier molecular flexibility index (Phi) is 9.85. The monoisotopic (exact) mass is 630 g/mol. The SMILES string of the molecule is CCC(C(=O)[C@@H]1Cc2ccccc2C[N@@+]1([O-])CCC[N@+]1([O-])Cc2ccccc2C[C@H]1C(=O)C(CC)c1ccccc1)c1ccccc1. The van der Waals surface area contributed by atoms with Crippen LogP contribution in [-0.4, -0.2) is 46.0 Å². The van der Waals surface area contributed by atoms with Gasteiger partial charge in [0.2, 0.25) is 0 Å². The molecule has 6 rings (SSSR count). The highest BCUT2D eigenvalue weighted by atomic mass is 16.6. The molecule has 6 atom stereocenters. The third kappa shape index (κ3) is 6.74. The van der Waals surface area contributed by atoms with Gasteiger partial charge in [-0.2, -0.15) is 0 Å². The van der Waals surface area contributed by atoms with Crippen LogP contribution in [0.1, 0.15) is 78.3 Å². The number of benzene rings is 4. The van der Waals surface area contributed by atoms with Crippen LogP contribution < -0.4 is 0 Å². The van der Waals surface area contributed by atoms with Crippen molar-refractivity contribution in [1.29, 1.82) is 0 Å². The van der Waals surface area contributed by atoms with E-state index in [1.807, 2.05) is 123 Å². The van der Waals surface area contributed by atoms with E-state index < -0.39 is 21.4 Å². The number of quaternary nitrogens is 2. The minimum absolute atomic E-state index is 0.0252. The summed E-state index contributed by atoms with van der Waals surface area (Å²) in [5.41, 5.74) is 5.92. The van der Waals surface area contributed by atoms with Crippen LogP contribution >= 0.6 is 0 Å². The summed E-state index contributed by atoms with van der Waals surface area (Å²) in [7, 11) is 0. The van der Waals surface area contributed by atoms with Crippen LogP contribution in [0.5, 0.6) is 0 Å². The van der Waals surface area contributed by atoms with Crippen LogP contribution in [0.15, 0.2) is 109 Å². The normalized spacial score (nSPS) is 24.9. The molecule has 6 nitrogen and oxygen atoms in total. The molecule has 4 aromatic carbocycles. The minimum Gasteiger partial charge on any atom is -0.632 e. The molecular formula is C41H46N2O4. The lowest BCUT2D eigenvalue weighted by Gasteiger charge is -2.54. The van der Waals surface area contributed by atoms with Gasteiger partial charge in [-0.05, 0) is 35.1 Å². The van der Waals surface area contributed by atoms with Gasteiger partial charge in [0.05, 0.1) is 13.1 Å². The number of hydroxylamine groups is 6. The largest absolute Gasteiger partial charge is 0.632 e. The summed E-state index contributed by atoms with van der Waals surface area (Å²) in [6.07, 6.45) is 2.34. The molecule has 2 aliphatic rings. The van der Waals surface area contributed by atoms with E-state index in [0.29, 0.717) is 32.1 Å². The number of fused-ring (bicyclic) bond motifs is 2. The number of carbonyl (C=O) groups is 2. The lowest BCUT2D eigenvalue weighted by atomic mass is 9.82. The summed E-state index contributed by atoms with van der Waals surface area (Å²) in [6, 6.07) is 33.9. The number of hydrogen-bond acceptors (Lipinski definition) is 4. The zero-order valence-electron chi connectivity index (χ0n) is 27.6. The van der Waals surface area contributed by atoms with Crippen LogP contribution in [0, 0.1) is 10.4 Å². The van der Waals surface area contributed by atoms with Gasteiger partial charge in [0, 0.05) is 42.2 Å². The fourth-order valence-electron chi connectivity index (χ4n) is 8.15. The average Bonchev–Trinajstić information content (AvgIpc) is 3.09. The van der Waals surface area contributed by atoms with Gasteiger partial charge in [-0.3, -0.25) is 9.59 Å². The molecule has 0 fully saturated rings. The van der Waals surface area contributed by atoms with Crippen molar-refractivity contribution in [3.63, 3.8) is 0 Å². The molecule has 2 aliphatic heterocycles. The van der Waals surface area contributed by atoms with Crippen LogP contribution in [0.4, 0.5) is 0 Å². The van der Waals surface area contributed by atoms with Gasteiger partial charge in [-0.25, -0.2) is 0 Å². The van der Waals surface area contributed by atoms with Gasteiger partial charge < -0.3 is 19.7 Å². The first-order chi connectivity index (χ1) is 22.8. The van der Waals surface area contributed by atoms with Crippen LogP contribution in [-0.2, 0) is 35.5 Å². The molecule has 244 valence electrons. The molecule has 0 amide bonds. The second-order valence-electron chi connectivity index (χ2n) is 13.5. The zero-order chi connectivity index (χ0) is 33.0. The Morgan fingerprint density at radius 3 is 1.28 bits per heavy atom. The summed E-state index contributed by atoms with van der Waals surface area (Å²) in [6.45, 7) is 4.71. The van der Waals surface area contributed by atoms with Gasteiger partial charge in [-0.15, -0.1) is 0 Å². The molecule has 6 heteroatoms. The molecule has 0 aliphatic carbocycles. The van der Waals surface area contributed by atoms with E-state index in [4.69, 9.17) is 0 Å². The molecular weight excluding hydrogens is 584 g/mol. The van der Waals surface area contributed by atoms with Crippen molar-refractivity contribution >= 4 is 11.6 Å². The van der Waals surface area contributed by atoms with E-state index in [2.05, 4.69) is 0 Å². The predicted octanol–water partition coefficient (Wildman–Crippen LogP) is 7.78. The van der Waals surface area contributed by atoms with Crippen molar-refractivity contribution in [3.8, 4) is 0 Å². The van der Waals surface area contributed by atoms with E-state index in [1.165, 1.54) is 0 Å². The molecule has 2 heterocycles. The van der Waals surface area contributed by atoms with Gasteiger partial charge in [-0.1, -0.05) is 123 Å². The molecule has 0 aromatic heterocycles. The highest BCUT2D eigenvalue weighted by Crippen LogP contribution is 2.37. The predicted molar refractivity (Wildman–Crippen MR) is 186 cm³/mol. The molecule has 47 heavy (non-hydrogen) atoms. The summed E-state index contributed by atoms with van der Waals surface area (Å²) < 4.78 is -1.34. The second-order valence-corrected chi connectivity index (χ2v) is 13.5. The first kappa shape index (κ1) is 33.0. The van der Waals surface area contributed by atoms with E-state index in [-0.39, 0.29) is 49.6 Å². The maximum atomic E-state index is 14.9. The Morgan fingerprint density at radius 1 is 0.574 bits per heavy atom. The summed E-state index contributed by atoms with van der Waals surface area (Å²) in [5.74, 6) is -0.772. The van der Waals surface area contributed by atoms with Crippen molar-refractivity contribution in [2.45, 2.75) is 83.0 Å². The van der Waals surface area contributed by atoms with Crippen molar-refractivity contribution in [2.75, 3.05) is 13.1 Å². The molecule has 0 saturated carbocycles. The second kappa shape index (κ2) is 14.0. The standard InChI is InChI=1S/C41H46N2O4/c1-3-36(30-16-7-5-8-17-30)40(44)38-26-32-20-11-13-22-34(32)28-42(38,46)24-15-25-43(47)29-35-23-14-12-21-33(35)27-39(43)41(45)37(4-2)31-18-9-6-10-19-31/h5-14,16-23,36-39H,3-4,15,24-29H2,1-2H3/t36?,37?,38-,39-,42-,43-/m0/s1. The van der Waals surface area contributed by atoms with Crippen LogP contribution in [0.25, 0.3) is 0 Å². The summed E-state index contributed by atoms with van der Waals surface area (Å²) >= 11 is 0. The molecule has 2 unspecified atom stereocenters. The highest BCUT2D eigenvalue weighted by Gasteiger charge is 2.45. The molecule has 0 spiro atoms. The van der Waals surface area contributed by atoms with Crippen molar-refractivity contribution in [2.24, 2.45) is 0 Å². The van der Waals surface area contributed by atoms with Gasteiger partial charge >= 0.3 is 0 Å². The Morgan fingerprint density at radius 2 is 0.915 bits per heavy atom. The number of nitrogens with zero attached hydrogens (tertiary/aromatic N) is 2. The summed E-state index contributed by atoms with van der Waals surface area (Å²) in [5, 5.41) is 29.9. The number of carbonyl (C=O) groups excluding carboxylic acids is 2. The van der Waals surface area contributed by atoms with E-state index >= 15 is 0 Å². The van der Waals surface area contributed by atoms with E-state index in [9.17, 15) is 20.0 Å². The fourth-order valence-corrected chi connectivity index (χ4v) is 8.15. The fraction of sp³-hybridized carbons (Fsp3) is 0.366. The summed E-state index contributed by atoms with van der Waals surface area (Å²) in [4.78, 5) is 28.6. The van der Waals surface area contributed by atoms with Crippen molar-refractivity contribution in [1.82, 2.24) is 0 Å². The smallest absolute Gasteiger partial charge is 0.197 e. The first-order valence-electron chi connectivity index (χ1n) is 17.2. The van der Waals surface area contributed by atoms with Crippen molar-refractivity contribution < 1.29 is 18.9 Å². The Hall–Kier alpha value is -3.94. The topological polar surface area (TPSA) is 80.3 Å². The lowest BCUT2D eigenvalue weighted by Crippen LogP contribution is -2.61. The molecule has 0 radical (unpaired) electrons. The van der Waals surface area contributed by atoms with Gasteiger partial charge in [0.15, 0.2) is 23.7 Å². The average molecular weight is 631 g/mol. The van der Waals surface area contributed by atoms with Crippen LogP contribution in [0.2, 0.25) is 0 Å². The lowest BCUT2D eigenvalue weighted by molar-refractivity contribution is -0.929. The zero-order valence-corrected chi connectivity index (χ0v) is 27.6. The number of ketones is 2. The van der Waals surface area contributed by atoms with Crippen molar-refractivity contribution in [3.05, 3.63) is 153 Å². The molecule has 0 saturated heterocycles. The third-order valence-corrected chi connectivity index (χ3v) is 10.7. The maximum Gasteiger partial charge on any atom is 0.197 e. The van der Waals surface area contributed by atoms with Gasteiger partial charge in [0.1, 0.15) is 13.1 Å². The third-order valence-electron chi connectivity index (χ3n) is 10.7. The van der Waals surface area contributed by atoms with Crippen LogP contribution in [0.3, 0.4) is 0 Å². The van der Waals surface area contributed by atoms with Gasteiger partial charge in [0.25, 0.3) is 0 Å². The maximum absolute atomic E-state index is 14.9. The molecule has 4 aromatic rings. The minimum atomic E-state index is -0.753. The quantitative estimate of drug-likeness (QED) is 0.118. The number of Topliss-reactive ketones (excluding diaryl/α,β-unsaturated/α-hetero) is 2. The highest BCUT2D eigenvalue weighted by molar-refractivity contribution is 5.90. The van der Waals surface area contributed by atoms with E-state index in [1.54, 1.807) is 0 Å². The number of hydrogen-bond donors (Lipinski definition) is 0. The Bertz CT molecular complexity index is 1570. The number of rotatable bonds is 12. The first-order valence-corrected chi connectivity index (χ1v) is 17.2. The molecule has 0 bridgehead atoms. The Labute approximate surface area is 279 Å². The van der Waals surface area contributed by atoms with E-state index in [0.717, 1.165) is 33.4 Å². The molecule has 0 N–H and O–H groups in total. The Balaban J connectivity index is 1.27.